The van der Waals surface area contributed by atoms with Gasteiger partial charge in [-0.05, 0) is 0 Å². The third-order valence-corrected chi connectivity index (χ3v) is 3.94. The van der Waals surface area contributed by atoms with Crippen molar-refractivity contribution in [3.05, 3.63) is 21.2 Å². The summed E-state index contributed by atoms with van der Waals surface area (Å²) in [6.45, 7) is 11.0. The van der Waals surface area contributed by atoms with Gasteiger partial charge in [0.1, 0.15) is 0 Å². The van der Waals surface area contributed by atoms with Crippen LogP contribution in [0.3, 0.4) is 0 Å². The predicted octanol–water partition coefficient (Wildman–Crippen LogP) is 6.57. The van der Waals surface area contributed by atoms with Crippen molar-refractivity contribution in [1.82, 2.24) is 0 Å². The van der Waals surface area contributed by atoms with Gasteiger partial charge in [-0.3, -0.25) is 0 Å². The monoisotopic (exact) mass is 339 g/mol. The zero-order valence-corrected chi connectivity index (χ0v) is 12.5. The molecule has 8 heteroatoms. The van der Waals surface area contributed by atoms with Crippen molar-refractivity contribution in [2.45, 2.75) is 34.6 Å². The number of hydrogen-bond donors (Lipinski definition) is 0. The van der Waals surface area contributed by atoms with Gasteiger partial charge < -0.3 is 0 Å². The molecule has 0 unspecified atom stereocenters. The average Bonchev–Trinajstić information content (AvgIpc) is 2.16. The van der Waals surface area contributed by atoms with E-state index >= 15 is 0 Å². The van der Waals surface area contributed by atoms with Crippen molar-refractivity contribution >= 4 is 7.81 Å². The fourth-order valence-corrected chi connectivity index (χ4v) is 1.92. The first-order valence-electron chi connectivity index (χ1n) is 4.93. The Morgan fingerprint density at radius 1 is 0.833 bits per heavy atom. The van der Waals surface area contributed by atoms with E-state index in [0.717, 1.165) is 0 Å². The SMILES string of the molecule is CC1=C(C)C(C)(C)[C]([Co+])=C1C.F[P-](F)(F)(F)(F)F. The zero-order valence-electron chi connectivity index (χ0n) is 10.5. The molecule has 0 aromatic carbocycles. The first-order valence-corrected chi connectivity index (χ1v) is 7.48. The molecule has 0 radical (unpaired) electrons. The summed E-state index contributed by atoms with van der Waals surface area (Å²) >= 11 is 4.58. The molecule has 0 atom stereocenters. The van der Waals surface area contributed by atoms with Crippen LogP contribution in [0.2, 0.25) is 0 Å². The van der Waals surface area contributed by atoms with E-state index < -0.39 is 7.81 Å². The normalized spacial score (nSPS) is 23.3. The van der Waals surface area contributed by atoms with E-state index in [1.54, 1.807) is 0 Å². The standard InChI is InChI=1S/C10H15.Co.F6P/c1-7-6-10(4,5)9(3)8(7)2;;1-7(2,3,4,5)6/h1-5H3;;/q;+1;-1. The molecule has 0 N–H and O–H groups in total. The first kappa shape index (κ1) is 18.0. The van der Waals surface area contributed by atoms with Crippen LogP contribution in [0.4, 0.5) is 25.2 Å². The Balaban J connectivity index is 0.000000360. The molecule has 18 heavy (non-hydrogen) atoms. The molecule has 0 saturated heterocycles. The molecule has 0 fully saturated rings. The van der Waals surface area contributed by atoms with Gasteiger partial charge in [0.05, 0.1) is 0 Å². The summed E-state index contributed by atoms with van der Waals surface area (Å²) in [6.07, 6.45) is 0. The van der Waals surface area contributed by atoms with E-state index in [1.165, 1.54) is 21.2 Å². The molecular weight excluding hydrogens is 324 g/mol. The van der Waals surface area contributed by atoms with Gasteiger partial charge in [-0.15, -0.1) is 0 Å². The summed E-state index contributed by atoms with van der Waals surface area (Å²) < 4.78 is 60.4. The van der Waals surface area contributed by atoms with Crippen LogP contribution in [0, 0.1) is 5.41 Å². The molecule has 1 rings (SSSR count). The first-order chi connectivity index (χ1) is 7.34. The molecule has 0 bridgehead atoms. The maximum absolute atomic E-state index is 10.7. The van der Waals surface area contributed by atoms with Gasteiger partial charge in [-0.1, -0.05) is 0 Å². The van der Waals surface area contributed by atoms with Gasteiger partial charge in [0.15, 0.2) is 0 Å². The fraction of sp³-hybridized carbons (Fsp3) is 0.600. The van der Waals surface area contributed by atoms with E-state index in [-0.39, 0.29) is 5.41 Å². The Morgan fingerprint density at radius 3 is 1.17 bits per heavy atom. The Labute approximate surface area is 110 Å². The van der Waals surface area contributed by atoms with Gasteiger partial charge in [-0.2, -0.15) is 0 Å². The van der Waals surface area contributed by atoms with Crippen LogP contribution < -0.4 is 0 Å². The quantitative estimate of drug-likeness (QED) is 0.346. The Kier molecular flexibility index (Phi) is 3.99. The van der Waals surface area contributed by atoms with Crippen LogP contribution in [0.1, 0.15) is 34.6 Å². The van der Waals surface area contributed by atoms with Gasteiger partial charge >= 0.3 is 110 Å². The molecule has 1 aliphatic rings. The van der Waals surface area contributed by atoms with Gasteiger partial charge in [0.2, 0.25) is 0 Å². The second-order valence-electron chi connectivity index (χ2n) is 4.75. The van der Waals surface area contributed by atoms with E-state index in [0.29, 0.717) is 0 Å². The van der Waals surface area contributed by atoms with E-state index in [9.17, 15) is 25.2 Å². The van der Waals surface area contributed by atoms with Crippen LogP contribution in [-0.2, 0) is 15.7 Å². The minimum atomic E-state index is -10.7. The second kappa shape index (κ2) is 3.99. The molecule has 0 aromatic heterocycles. The fourth-order valence-electron chi connectivity index (χ4n) is 1.53. The summed E-state index contributed by atoms with van der Waals surface area (Å²) in [4.78, 5) is 0. The summed E-state index contributed by atoms with van der Waals surface area (Å²) in [7, 11) is -10.7. The molecule has 0 nitrogen and oxygen atoms in total. The van der Waals surface area contributed by atoms with Crippen molar-refractivity contribution in [2.24, 2.45) is 5.41 Å². The molecular formula is C10H15CoF6P. The van der Waals surface area contributed by atoms with Crippen LogP contribution in [0.25, 0.3) is 0 Å². The number of allylic oxidation sites excluding steroid dienone is 4. The molecule has 111 valence electrons. The predicted molar refractivity (Wildman–Crippen MR) is 58.4 cm³/mol. The van der Waals surface area contributed by atoms with E-state index in [2.05, 4.69) is 50.4 Å². The Hall–Kier alpha value is -0.00351. The Morgan fingerprint density at radius 2 is 1.11 bits per heavy atom. The molecule has 0 spiro atoms. The van der Waals surface area contributed by atoms with Crippen molar-refractivity contribution in [1.29, 1.82) is 0 Å². The number of rotatable bonds is 0. The summed E-state index contributed by atoms with van der Waals surface area (Å²) in [6, 6.07) is 0. The van der Waals surface area contributed by atoms with Crippen molar-refractivity contribution in [2.75, 3.05) is 0 Å². The Bertz CT molecular complexity index is 388. The average molecular weight is 339 g/mol. The molecule has 0 aromatic rings. The van der Waals surface area contributed by atoms with E-state index in [1.807, 2.05) is 0 Å². The van der Waals surface area contributed by atoms with Crippen LogP contribution in [0.15, 0.2) is 21.2 Å². The topological polar surface area (TPSA) is 0 Å². The third-order valence-electron chi connectivity index (χ3n) is 2.90. The van der Waals surface area contributed by atoms with Crippen LogP contribution in [0.5, 0.6) is 0 Å². The van der Waals surface area contributed by atoms with Crippen LogP contribution in [-0.4, -0.2) is 0 Å². The van der Waals surface area contributed by atoms with Gasteiger partial charge in [0.25, 0.3) is 0 Å². The molecule has 0 heterocycles. The molecule has 0 saturated carbocycles. The number of halogens is 6. The van der Waals surface area contributed by atoms with Gasteiger partial charge in [-0.25, -0.2) is 0 Å². The zero-order chi connectivity index (χ0) is 15.2. The van der Waals surface area contributed by atoms with Crippen molar-refractivity contribution in [3.63, 3.8) is 0 Å². The van der Waals surface area contributed by atoms with Crippen molar-refractivity contribution in [3.8, 4) is 0 Å². The van der Waals surface area contributed by atoms with Gasteiger partial charge in [0, 0.05) is 0 Å². The van der Waals surface area contributed by atoms with E-state index in [4.69, 9.17) is 0 Å². The van der Waals surface area contributed by atoms with Crippen LogP contribution >= 0.6 is 7.81 Å². The molecule has 1 aliphatic carbocycles. The summed E-state index contributed by atoms with van der Waals surface area (Å²) in [5.41, 5.74) is 4.40. The van der Waals surface area contributed by atoms with Crippen molar-refractivity contribution < 1.29 is 40.9 Å². The third kappa shape index (κ3) is 6.25. The maximum atomic E-state index is 9.87. The molecule has 0 aliphatic heterocycles. The number of hydrogen-bond acceptors (Lipinski definition) is 0. The second-order valence-corrected chi connectivity index (χ2v) is 7.19. The summed E-state index contributed by atoms with van der Waals surface area (Å²) in [5.74, 6) is 0. The molecule has 0 amide bonds. The summed E-state index contributed by atoms with van der Waals surface area (Å²) in [5, 5.41) is 0. The minimum absolute atomic E-state index is 0.175.